The molecule has 0 nitrogen and oxygen atoms in total. The summed E-state index contributed by atoms with van der Waals surface area (Å²) in [5.41, 5.74) is 1.34. The van der Waals surface area contributed by atoms with Gasteiger partial charge in [-0.05, 0) is 0 Å². The Morgan fingerprint density at radius 1 is 1.00 bits per heavy atom. The summed E-state index contributed by atoms with van der Waals surface area (Å²) in [6.45, 7) is 2.08. The van der Waals surface area contributed by atoms with Gasteiger partial charge >= 0.3 is 0 Å². The van der Waals surface area contributed by atoms with Gasteiger partial charge in [0.25, 0.3) is 0 Å². The van der Waals surface area contributed by atoms with Crippen LogP contribution in [-0.4, -0.2) is 0 Å². The number of hydrogen-bond donors (Lipinski definition) is 0. The van der Waals surface area contributed by atoms with E-state index in [2.05, 4.69) is 19.1 Å². The van der Waals surface area contributed by atoms with Crippen LogP contribution in [0, 0.1) is 6.92 Å². The Morgan fingerprint density at radius 3 is 1.83 bits per heavy atom. The van der Waals surface area contributed by atoms with Gasteiger partial charge in [-0.25, -0.2) is 23.8 Å². The van der Waals surface area contributed by atoms with E-state index in [1.807, 2.05) is 42.5 Å². The monoisotopic (exact) mass is 200 g/mol. The zero-order valence-electron chi connectivity index (χ0n) is 7.05. The van der Waals surface area contributed by atoms with Crippen LogP contribution in [0.15, 0.2) is 54.6 Å². The molecule has 66 valence electrons. The first-order valence-corrected chi connectivity index (χ1v) is 3.74. The fraction of sp³-hybridized carbons (Fsp3) is 0.0909. The van der Waals surface area contributed by atoms with Crippen LogP contribution in [0.3, 0.4) is 0 Å². The minimum absolute atomic E-state index is 0. The maximum absolute atomic E-state index is 2.08. The topological polar surface area (TPSA) is 0 Å². The summed E-state index contributed by atoms with van der Waals surface area (Å²) in [5, 5.41) is 0. The van der Waals surface area contributed by atoms with Crippen LogP contribution in [0.2, 0.25) is 0 Å². The predicted molar refractivity (Wildman–Crippen MR) is 48.8 cm³/mol. The molecule has 0 saturated heterocycles. The third kappa shape index (κ3) is 4.95. The summed E-state index contributed by atoms with van der Waals surface area (Å²) in [6, 6.07) is 18.2. The van der Waals surface area contributed by atoms with Gasteiger partial charge in [-0.1, -0.05) is 6.92 Å². The van der Waals surface area contributed by atoms with Crippen LogP contribution >= 0.6 is 0 Å². The molecule has 0 atom stereocenters. The van der Waals surface area contributed by atoms with E-state index in [9.17, 15) is 0 Å². The van der Waals surface area contributed by atoms with E-state index < -0.39 is 0 Å². The van der Waals surface area contributed by atoms with Crippen molar-refractivity contribution in [3.05, 3.63) is 60.2 Å². The van der Waals surface area contributed by atoms with Crippen LogP contribution in [0.5, 0.6) is 0 Å². The molecule has 0 fully saturated rings. The van der Waals surface area contributed by atoms with E-state index in [4.69, 9.17) is 0 Å². The quantitative estimate of drug-likeness (QED) is 0.452. The van der Waals surface area contributed by atoms with E-state index in [-0.39, 0.29) is 17.1 Å². The second-order valence-corrected chi connectivity index (χ2v) is 2.42. The smallest absolute Gasteiger partial charge is 0 e. The first kappa shape index (κ1) is 11.2. The van der Waals surface area contributed by atoms with E-state index in [1.165, 1.54) is 5.56 Å². The summed E-state index contributed by atoms with van der Waals surface area (Å²) >= 11 is 0. The van der Waals surface area contributed by atoms with Crippen LogP contribution in [0.1, 0.15) is 5.56 Å². The minimum Gasteiger partial charge on any atom is -0.214 e. The van der Waals surface area contributed by atoms with Crippen molar-refractivity contribution < 1.29 is 17.1 Å². The fourth-order valence-electron chi connectivity index (χ4n) is 0.791. The van der Waals surface area contributed by atoms with Gasteiger partial charge in [0, 0.05) is 17.1 Å². The average Bonchev–Trinajstić information content (AvgIpc) is 2.57. The van der Waals surface area contributed by atoms with Crippen molar-refractivity contribution in [2.45, 2.75) is 6.92 Å². The van der Waals surface area contributed by atoms with Gasteiger partial charge in [-0.2, -0.15) is 36.4 Å². The van der Waals surface area contributed by atoms with Gasteiger partial charge in [0.05, 0.1) is 0 Å². The van der Waals surface area contributed by atoms with Crippen molar-refractivity contribution >= 4 is 0 Å². The molecule has 2 aromatic rings. The van der Waals surface area contributed by atoms with Crippen molar-refractivity contribution in [2.24, 2.45) is 0 Å². The number of hydrogen-bond acceptors (Lipinski definition) is 0. The zero-order chi connectivity index (χ0) is 7.94. The van der Waals surface area contributed by atoms with Gasteiger partial charge < -0.3 is 0 Å². The molecule has 2 aromatic carbocycles. The Morgan fingerprint density at radius 2 is 1.67 bits per heavy atom. The van der Waals surface area contributed by atoms with Gasteiger partial charge in [-0.3, -0.25) is 0 Å². The summed E-state index contributed by atoms with van der Waals surface area (Å²) in [7, 11) is 0. The molecule has 12 heavy (non-hydrogen) atoms. The Balaban J connectivity index is 0.000000189. The Labute approximate surface area is 84.4 Å². The maximum atomic E-state index is 2.08. The molecule has 0 unspecified atom stereocenters. The summed E-state index contributed by atoms with van der Waals surface area (Å²) in [5.74, 6) is 0. The molecule has 0 aromatic heterocycles. The maximum Gasteiger partial charge on any atom is 0 e. The SMILES string of the molecule is Cc1cc[cH-]c1.[Fe].c1cc[cH-]c1. The van der Waals surface area contributed by atoms with Crippen molar-refractivity contribution in [1.29, 1.82) is 0 Å². The summed E-state index contributed by atoms with van der Waals surface area (Å²) < 4.78 is 0. The van der Waals surface area contributed by atoms with Gasteiger partial charge in [0.2, 0.25) is 0 Å². The molecule has 0 radical (unpaired) electrons. The number of rotatable bonds is 0. The van der Waals surface area contributed by atoms with E-state index in [1.54, 1.807) is 0 Å². The Bertz CT molecular complexity index is 223. The molecule has 0 amide bonds. The molecule has 1 heteroatoms. The average molecular weight is 200 g/mol. The molecular weight excluding hydrogens is 188 g/mol. The molecule has 0 bridgehead atoms. The third-order valence-corrected chi connectivity index (χ3v) is 1.38. The van der Waals surface area contributed by atoms with Gasteiger partial charge in [0.1, 0.15) is 0 Å². The molecular formula is C11H12Fe-2. The largest absolute Gasteiger partial charge is 0.214 e. The molecule has 0 N–H and O–H groups in total. The van der Waals surface area contributed by atoms with Gasteiger partial charge in [-0.15, -0.1) is 0 Å². The molecule has 0 saturated carbocycles. The van der Waals surface area contributed by atoms with Crippen molar-refractivity contribution in [3.63, 3.8) is 0 Å². The molecule has 2 rings (SSSR count). The van der Waals surface area contributed by atoms with E-state index in [0.29, 0.717) is 0 Å². The van der Waals surface area contributed by atoms with Crippen LogP contribution in [0.25, 0.3) is 0 Å². The zero-order valence-corrected chi connectivity index (χ0v) is 8.15. The normalized spacial score (nSPS) is 7.75. The van der Waals surface area contributed by atoms with Crippen molar-refractivity contribution in [3.8, 4) is 0 Å². The summed E-state index contributed by atoms with van der Waals surface area (Å²) in [4.78, 5) is 0. The summed E-state index contributed by atoms with van der Waals surface area (Å²) in [6.07, 6.45) is 0. The number of aryl methyl sites for hydroxylation is 1. The second-order valence-electron chi connectivity index (χ2n) is 2.42. The Kier molecular flexibility index (Phi) is 6.45. The minimum atomic E-state index is 0. The van der Waals surface area contributed by atoms with Crippen LogP contribution < -0.4 is 0 Å². The van der Waals surface area contributed by atoms with E-state index >= 15 is 0 Å². The Hall–Kier alpha value is -0.781. The van der Waals surface area contributed by atoms with Crippen molar-refractivity contribution in [2.75, 3.05) is 0 Å². The van der Waals surface area contributed by atoms with Gasteiger partial charge in [0.15, 0.2) is 0 Å². The van der Waals surface area contributed by atoms with Crippen LogP contribution in [0.4, 0.5) is 0 Å². The fourth-order valence-corrected chi connectivity index (χ4v) is 0.791. The molecule has 0 spiro atoms. The third-order valence-electron chi connectivity index (χ3n) is 1.38. The standard InChI is InChI=1S/C6H7.C5H5.Fe/c1-6-4-2-3-5-6;1-2-4-5-3-1;/h2-5H,1H3;1-5H;/q2*-1;. The first-order chi connectivity index (χ1) is 5.39. The molecule has 0 aliphatic heterocycles. The van der Waals surface area contributed by atoms with Crippen molar-refractivity contribution in [1.82, 2.24) is 0 Å². The predicted octanol–water partition coefficient (Wildman–Crippen LogP) is 3.12. The second kappa shape index (κ2) is 6.90. The van der Waals surface area contributed by atoms with Crippen LogP contribution in [-0.2, 0) is 17.1 Å². The molecule has 0 aliphatic rings. The first-order valence-electron chi connectivity index (χ1n) is 3.74. The molecule has 0 heterocycles. The molecule has 0 aliphatic carbocycles. The van der Waals surface area contributed by atoms with E-state index in [0.717, 1.165) is 0 Å².